The second-order valence-corrected chi connectivity index (χ2v) is 10.1. The number of likely N-dealkylation sites (tertiary alicyclic amines) is 2. The second-order valence-electron chi connectivity index (χ2n) is 10.1. The van der Waals surface area contributed by atoms with Gasteiger partial charge in [0, 0.05) is 63.2 Å². The molecule has 15 heteroatoms. The number of carboxylic acids is 2. The lowest BCUT2D eigenvalue weighted by Gasteiger charge is -2.47. The van der Waals surface area contributed by atoms with E-state index in [1.807, 2.05) is 17.9 Å². The van der Waals surface area contributed by atoms with Crippen LogP contribution in [0.2, 0.25) is 0 Å². The van der Waals surface area contributed by atoms with Crippen molar-refractivity contribution in [2.45, 2.75) is 75.9 Å². The summed E-state index contributed by atoms with van der Waals surface area (Å²) in [6.07, 6.45) is 2.23. The number of ether oxygens (including phenoxy) is 1. The second kappa shape index (κ2) is 13.8. The van der Waals surface area contributed by atoms with Crippen LogP contribution in [0.4, 0.5) is 26.3 Å². The van der Waals surface area contributed by atoms with E-state index in [4.69, 9.17) is 24.5 Å². The van der Waals surface area contributed by atoms with Gasteiger partial charge < -0.3 is 14.9 Å². The van der Waals surface area contributed by atoms with Gasteiger partial charge in [-0.15, -0.1) is 0 Å². The predicted molar refractivity (Wildman–Crippen MR) is 127 cm³/mol. The predicted octanol–water partition coefficient (Wildman–Crippen LogP) is 3.93. The van der Waals surface area contributed by atoms with Crippen molar-refractivity contribution in [3.63, 3.8) is 0 Å². The summed E-state index contributed by atoms with van der Waals surface area (Å²) in [5, 5.41) is 18.6. The number of aromatic nitrogens is 2. The molecule has 39 heavy (non-hydrogen) atoms. The van der Waals surface area contributed by atoms with Gasteiger partial charge in [0.1, 0.15) is 0 Å². The van der Waals surface area contributed by atoms with E-state index in [1.165, 1.54) is 63.7 Å². The Bertz CT molecular complexity index is 903. The first-order valence-corrected chi connectivity index (χ1v) is 12.7. The topological polar surface area (TPSA) is 108 Å². The van der Waals surface area contributed by atoms with Crippen molar-refractivity contribution in [1.29, 1.82) is 0 Å². The Morgan fingerprint density at radius 3 is 1.97 bits per heavy atom. The Labute approximate surface area is 222 Å². The summed E-state index contributed by atoms with van der Waals surface area (Å²) in [5.41, 5.74) is 1.80. The number of carboxylic acid groups (broad SMARTS) is 2. The van der Waals surface area contributed by atoms with Crippen LogP contribution >= 0.6 is 0 Å². The van der Waals surface area contributed by atoms with Crippen LogP contribution in [0.5, 0.6) is 0 Å². The van der Waals surface area contributed by atoms with Gasteiger partial charge in [-0.05, 0) is 51.4 Å². The first-order chi connectivity index (χ1) is 18.1. The Kier molecular flexibility index (Phi) is 11.6. The van der Waals surface area contributed by atoms with Gasteiger partial charge in [-0.2, -0.15) is 31.4 Å². The molecule has 3 heterocycles. The van der Waals surface area contributed by atoms with Crippen LogP contribution in [0.15, 0.2) is 12.4 Å². The number of aliphatic carboxylic acids is 2. The van der Waals surface area contributed by atoms with Crippen molar-refractivity contribution < 1.29 is 50.9 Å². The summed E-state index contributed by atoms with van der Waals surface area (Å²) < 4.78 is 71.2. The lowest BCUT2D eigenvalue weighted by molar-refractivity contribution is -0.193. The maximum atomic E-state index is 10.6. The SMILES string of the molecule is CCOCC1CCC2(CCN(Cc3cnn(C)c3)CC2)N1CC1CC1.O=C(O)C(F)(F)F.O=C(O)C(F)(F)F. The molecular weight excluding hydrogens is 538 g/mol. The summed E-state index contributed by atoms with van der Waals surface area (Å²) in [5.74, 6) is -4.55. The molecule has 2 saturated heterocycles. The van der Waals surface area contributed by atoms with Crippen molar-refractivity contribution in [2.24, 2.45) is 13.0 Å². The quantitative estimate of drug-likeness (QED) is 0.472. The lowest BCUT2D eigenvalue weighted by Crippen LogP contribution is -2.55. The smallest absolute Gasteiger partial charge is 0.475 e. The first kappa shape index (κ1) is 32.8. The highest BCUT2D eigenvalue weighted by atomic mass is 19.4. The van der Waals surface area contributed by atoms with Gasteiger partial charge in [0.25, 0.3) is 0 Å². The van der Waals surface area contributed by atoms with Crippen molar-refractivity contribution in [3.05, 3.63) is 18.0 Å². The summed E-state index contributed by atoms with van der Waals surface area (Å²) >= 11 is 0. The number of piperidine rings is 1. The third-order valence-electron chi connectivity index (χ3n) is 7.10. The van der Waals surface area contributed by atoms with E-state index in [0.29, 0.717) is 11.6 Å². The van der Waals surface area contributed by atoms with Gasteiger partial charge in [0.15, 0.2) is 0 Å². The maximum absolute atomic E-state index is 10.6. The molecular formula is C24H36F6N4O5. The molecule has 0 aromatic carbocycles. The molecule has 3 aliphatic rings. The Morgan fingerprint density at radius 1 is 1.03 bits per heavy atom. The van der Waals surface area contributed by atoms with Gasteiger partial charge in [-0.25, -0.2) is 9.59 Å². The van der Waals surface area contributed by atoms with E-state index in [0.717, 1.165) is 25.7 Å². The number of aryl methyl sites for hydroxylation is 1. The summed E-state index contributed by atoms with van der Waals surface area (Å²) in [7, 11) is 2.00. The number of alkyl halides is 6. The van der Waals surface area contributed by atoms with Crippen LogP contribution in [0.3, 0.4) is 0 Å². The molecule has 4 rings (SSSR count). The minimum absolute atomic E-state index is 0.454. The molecule has 1 aromatic rings. The molecule has 3 fully saturated rings. The van der Waals surface area contributed by atoms with Crippen molar-refractivity contribution in [2.75, 3.05) is 32.8 Å². The highest BCUT2D eigenvalue weighted by molar-refractivity contribution is 5.73. The number of hydrogen-bond donors (Lipinski definition) is 2. The van der Waals surface area contributed by atoms with Gasteiger partial charge in [0.05, 0.1) is 12.8 Å². The van der Waals surface area contributed by atoms with E-state index >= 15 is 0 Å². The molecule has 224 valence electrons. The molecule has 0 amide bonds. The molecule has 2 aliphatic heterocycles. The Hall–Kier alpha value is -2.39. The average molecular weight is 575 g/mol. The molecule has 9 nitrogen and oxygen atoms in total. The Morgan fingerprint density at radius 2 is 1.56 bits per heavy atom. The van der Waals surface area contributed by atoms with E-state index in [2.05, 4.69) is 28.0 Å². The lowest BCUT2D eigenvalue weighted by atomic mass is 9.84. The summed E-state index contributed by atoms with van der Waals surface area (Å²) in [4.78, 5) is 23.3. The largest absolute Gasteiger partial charge is 0.490 e. The normalized spacial score (nSPS) is 21.6. The van der Waals surface area contributed by atoms with Crippen molar-refractivity contribution >= 4 is 11.9 Å². The molecule has 1 atom stereocenters. The molecule has 0 radical (unpaired) electrons. The van der Waals surface area contributed by atoms with Crippen LogP contribution in [-0.2, 0) is 27.9 Å². The third kappa shape index (κ3) is 10.6. The Balaban J connectivity index is 0.000000317. The van der Waals surface area contributed by atoms with Crippen LogP contribution in [0.1, 0.15) is 51.0 Å². The number of rotatable bonds is 7. The molecule has 1 aromatic heterocycles. The number of nitrogens with zero attached hydrogens (tertiary/aromatic N) is 4. The zero-order chi connectivity index (χ0) is 29.4. The van der Waals surface area contributed by atoms with Gasteiger partial charge in [-0.3, -0.25) is 14.5 Å². The van der Waals surface area contributed by atoms with Crippen LogP contribution in [0.25, 0.3) is 0 Å². The van der Waals surface area contributed by atoms with Gasteiger partial charge in [0.2, 0.25) is 0 Å². The minimum atomic E-state index is -5.08. The van der Waals surface area contributed by atoms with Crippen LogP contribution in [-0.4, -0.2) is 98.5 Å². The molecule has 1 spiro atoms. The molecule has 1 aliphatic carbocycles. The fourth-order valence-electron chi connectivity index (χ4n) is 4.95. The first-order valence-electron chi connectivity index (χ1n) is 12.7. The monoisotopic (exact) mass is 574 g/mol. The molecule has 1 saturated carbocycles. The maximum Gasteiger partial charge on any atom is 0.490 e. The standard InChI is InChI=1S/C20H34N4O.2C2HF3O2/c1-3-25-16-19-6-7-20(24(19)15-17-4-5-17)8-10-23(11-9-20)14-18-12-21-22(2)13-18;2*3-2(4,5)1(6)7/h12-13,17,19H,3-11,14-16H2,1-2H3;2*(H,6,7). The van der Waals surface area contributed by atoms with Gasteiger partial charge >= 0.3 is 24.3 Å². The zero-order valence-corrected chi connectivity index (χ0v) is 22.0. The van der Waals surface area contributed by atoms with Gasteiger partial charge in [-0.1, -0.05) is 0 Å². The van der Waals surface area contributed by atoms with Crippen molar-refractivity contribution in [1.82, 2.24) is 19.6 Å². The fraction of sp³-hybridized carbons (Fsp3) is 0.792. The average Bonchev–Trinajstić information content (AvgIpc) is 3.48. The van der Waals surface area contributed by atoms with E-state index < -0.39 is 24.3 Å². The molecule has 2 N–H and O–H groups in total. The van der Waals surface area contributed by atoms with Crippen LogP contribution in [0, 0.1) is 5.92 Å². The number of hydrogen-bond acceptors (Lipinski definition) is 6. The fourth-order valence-corrected chi connectivity index (χ4v) is 4.95. The van der Waals surface area contributed by atoms with E-state index in [9.17, 15) is 26.3 Å². The van der Waals surface area contributed by atoms with Crippen molar-refractivity contribution in [3.8, 4) is 0 Å². The highest BCUT2D eigenvalue weighted by Gasteiger charge is 2.48. The number of carbonyl (C=O) groups is 2. The van der Waals surface area contributed by atoms with E-state index in [-0.39, 0.29) is 0 Å². The number of halogens is 6. The third-order valence-corrected chi connectivity index (χ3v) is 7.10. The highest BCUT2D eigenvalue weighted by Crippen LogP contribution is 2.44. The molecule has 0 bridgehead atoms. The van der Waals surface area contributed by atoms with Crippen LogP contribution < -0.4 is 0 Å². The summed E-state index contributed by atoms with van der Waals surface area (Å²) in [6.45, 7) is 8.71. The van der Waals surface area contributed by atoms with E-state index in [1.54, 1.807) is 0 Å². The minimum Gasteiger partial charge on any atom is -0.475 e. The molecule has 1 unspecified atom stereocenters. The summed E-state index contributed by atoms with van der Waals surface area (Å²) in [6, 6.07) is 0.658. The zero-order valence-electron chi connectivity index (χ0n) is 22.0.